The van der Waals surface area contributed by atoms with Crippen LogP contribution in [0.5, 0.6) is 0 Å². The SMILES string of the molecule is Cc1cc(F)cc(-c2nccc3[nH]c(-c4n[nH]c5cnc(-c6ccccn6)cc45)cc23)c1. The molecule has 6 nitrogen and oxygen atoms in total. The molecule has 0 aliphatic heterocycles. The molecule has 1 aromatic carbocycles. The number of pyridine rings is 3. The van der Waals surface area contributed by atoms with Gasteiger partial charge in [0.15, 0.2) is 0 Å². The number of aromatic amines is 2. The Bertz CT molecular complexity index is 1580. The van der Waals surface area contributed by atoms with Crippen molar-refractivity contribution in [3.8, 4) is 34.0 Å². The third-order valence-electron chi connectivity index (χ3n) is 5.49. The fourth-order valence-corrected chi connectivity index (χ4v) is 4.06. The summed E-state index contributed by atoms with van der Waals surface area (Å²) in [5.74, 6) is -0.276. The molecule has 0 saturated carbocycles. The molecule has 0 radical (unpaired) electrons. The highest BCUT2D eigenvalue weighted by Crippen LogP contribution is 2.34. The molecule has 5 heterocycles. The molecule has 6 rings (SSSR count). The van der Waals surface area contributed by atoms with Gasteiger partial charge in [0.1, 0.15) is 11.5 Å². The molecule has 0 fully saturated rings. The van der Waals surface area contributed by atoms with E-state index in [-0.39, 0.29) is 5.82 Å². The van der Waals surface area contributed by atoms with Crippen molar-refractivity contribution in [2.24, 2.45) is 0 Å². The Morgan fingerprint density at radius 2 is 1.69 bits per heavy atom. The van der Waals surface area contributed by atoms with E-state index in [0.29, 0.717) is 0 Å². The van der Waals surface area contributed by atoms with E-state index in [1.807, 2.05) is 49.4 Å². The lowest BCUT2D eigenvalue weighted by Crippen LogP contribution is -1.87. The molecule has 0 spiro atoms. The van der Waals surface area contributed by atoms with Gasteiger partial charge in [-0.3, -0.25) is 20.1 Å². The molecular weight excluding hydrogens is 403 g/mol. The molecule has 5 aromatic heterocycles. The second kappa shape index (κ2) is 7.09. The number of nitrogens with zero attached hydrogens (tertiary/aromatic N) is 4. The van der Waals surface area contributed by atoms with Crippen molar-refractivity contribution >= 4 is 21.8 Å². The molecule has 2 N–H and O–H groups in total. The van der Waals surface area contributed by atoms with E-state index in [1.54, 1.807) is 18.6 Å². The van der Waals surface area contributed by atoms with Gasteiger partial charge in [-0.05, 0) is 61.0 Å². The molecule has 154 valence electrons. The van der Waals surface area contributed by atoms with E-state index in [2.05, 4.69) is 30.1 Å². The van der Waals surface area contributed by atoms with Crippen molar-refractivity contribution in [2.75, 3.05) is 0 Å². The second-order valence-corrected chi connectivity index (χ2v) is 7.72. The summed E-state index contributed by atoms with van der Waals surface area (Å²) in [5.41, 5.74) is 7.24. The van der Waals surface area contributed by atoms with E-state index in [9.17, 15) is 4.39 Å². The van der Waals surface area contributed by atoms with Gasteiger partial charge in [-0.15, -0.1) is 0 Å². The van der Waals surface area contributed by atoms with Gasteiger partial charge in [0.25, 0.3) is 0 Å². The maximum Gasteiger partial charge on any atom is 0.124 e. The molecule has 0 aliphatic rings. The number of halogens is 1. The Balaban J connectivity index is 1.52. The molecule has 0 unspecified atom stereocenters. The number of aryl methyl sites for hydroxylation is 1. The molecule has 6 aromatic rings. The van der Waals surface area contributed by atoms with Gasteiger partial charge in [-0.25, -0.2) is 4.39 Å². The first-order chi connectivity index (χ1) is 15.7. The standard InChI is InChI=1S/C25H17FN6/c1-14-8-15(10-16(26)9-14)24-17-12-22(30-19(17)5-7-28-24)25-18-11-21(20-4-2-3-6-27-20)29-13-23(18)31-32-25/h2-13,30H,1H3,(H,31,32). The van der Waals surface area contributed by atoms with Gasteiger partial charge in [0.2, 0.25) is 0 Å². The number of hydrogen-bond acceptors (Lipinski definition) is 4. The van der Waals surface area contributed by atoms with Crippen LogP contribution >= 0.6 is 0 Å². The van der Waals surface area contributed by atoms with E-state index in [0.717, 1.165) is 61.4 Å². The Morgan fingerprint density at radius 1 is 0.781 bits per heavy atom. The summed E-state index contributed by atoms with van der Waals surface area (Å²) in [6.45, 7) is 1.87. The van der Waals surface area contributed by atoms with Crippen molar-refractivity contribution in [1.29, 1.82) is 0 Å². The topological polar surface area (TPSA) is 83.1 Å². The number of hydrogen-bond donors (Lipinski definition) is 2. The van der Waals surface area contributed by atoms with E-state index < -0.39 is 0 Å². The smallest absolute Gasteiger partial charge is 0.124 e. The first kappa shape index (κ1) is 18.4. The summed E-state index contributed by atoms with van der Waals surface area (Å²) < 4.78 is 14.0. The molecule has 0 atom stereocenters. The molecule has 0 aliphatic carbocycles. The lowest BCUT2D eigenvalue weighted by atomic mass is 10.0. The maximum atomic E-state index is 14.0. The zero-order valence-electron chi connectivity index (χ0n) is 17.1. The minimum atomic E-state index is -0.276. The third-order valence-corrected chi connectivity index (χ3v) is 5.49. The Kier molecular flexibility index (Phi) is 4.07. The van der Waals surface area contributed by atoms with Crippen molar-refractivity contribution in [2.45, 2.75) is 6.92 Å². The average Bonchev–Trinajstić information content (AvgIpc) is 3.42. The monoisotopic (exact) mass is 420 g/mol. The summed E-state index contributed by atoms with van der Waals surface area (Å²) in [5, 5.41) is 9.42. The average molecular weight is 420 g/mol. The van der Waals surface area contributed by atoms with Gasteiger partial charge in [-0.1, -0.05) is 6.07 Å². The first-order valence-electron chi connectivity index (χ1n) is 10.2. The van der Waals surface area contributed by atoms with Crippen LogP contribution in [-0.2, 0) is 0 Å². The number of rotatable bonds is 3. The lowest BCUT2D eigenvalue weighted by Gasteiger charge is -2.04. The lowest BCUT2D eigenvalue weighted by molar-refractivity contribution is 0.627. The predicted molar refractivity (Wildman–Crippen MR) is 122 cm³/mol. The van der Waals surface area contributed by atoms with Crippen LogP contribution in [0.25, 0.3) is 55.8 Å². The number of aromatic nitrogens is 6. The highest BCUT2D eigenvalue weighted by atomic mass is 19.1. The molecule has 32 heavy (non-hydrogen) atoms. The molecule has 0 saturated heterocycles. The van der Waals surface area contributed by atoms with Crippen molar-refractivity contribution in [3.05, 3.63) is 84.6 Å². The van der Waals surface area contributed by atoms with Gasteiger partial charge in [0.05, 0.1) is 34.5 Å². The van der Waals surface area contributed by atoms with Gasteiger partial charge >= 0.3 is 0 Å². The molecule has 0 bridgehead atoms. The third kappa shape index (κ3) is 3.02. The second-order valence-electron chi connectivity index (χ2n) is 7.72. The van der Waals surface area contributed by atoms with Crippen LogP contribution in [0.3, 0.4) is 0 Å². The van der Waals surface area contributed by atoms with Crippen molar-refractivity contribution in [3.63, 3.8) is 0 Å². The molecule has 0 amide bonds. The van der Waals surface area contributed by atoms with Crippen molar-refractivity contribution < 1.29 is 4.39 Å². The largest absolute Gasteiger partial charge is 0.353 e. The number of nitrogens with one attached hydrogen (secondary N) is 2. The fourth-order valence-electron chi connectivity index (χ4n) is 4.06. The number of H-pyrrole nitrogens is 2. The highest BCUT2D eigenvalue weighted by molar-refractivity contribution is 6.00. The number of fused-ring (bicyclic) bond motifs is 2. The Labute approximate surface area is 182 Å². The zero-order chi connectivity index (χ0) is 21.7. The van der Waals surface area contributed by atoms with E-state index >= 15 is 0 Å². The Hall–Kier alpha value is -4.39. The summed E-state index contributed by atoms with van der Waals surface area (Å²) in [7, 11) is 0. The summed E-state index contributed by atoms with van der Waals surface area (Å²) >= 11 is 0. The van der Waals surface area contributed by atoms with Crippen LogP contribution in [0.2, 0.25) is 0 Å². The quantitative estimate of drug-likeness (QED) is 0.386. The minimum absolute atomic E-state index is 0.276. The van der Waals surface area contributed by atoms with Crippen LogP contribution < -0.4 is 0 Å². The van der Waals surface area contributed by atoms with Crippen molar-refractivity contribution in [1.82, 2.24) is 30.1 Å². The van der Waals surface area contributed by atoms with Crippen LogP contribution in [0.1, 0.15) is 5.56 Å². The maximum absolute atomic E-state index is 14.0. The first-order valence-corrected chi connectivity index (χ1v) is 10.2. The van der Waals surface area contributed by atoms with E-state index in [1.165, 1.54) is 12.1 Å². The van der Waals surface area contributed by atoms with Gasteiger partial charge in [0, 0.05) is 34.2 Å². The summed E-state index contributed by atoms with van der Waals surface area (Å²) in [6, 6.07) is 16.6. The van der Waals surface area contributed by atoms with Gasteiger partial charge < -0.3 is 4.98 Å². The normalized spacial score (nSPS) is 11.4. The summed E-state index contributed by atoms with van der Waals surface area (Å²) in [4.78, 5) is 16.9. The fraction of sp³-hybridized carbons (Fsp3) is 0.0400. The van der Waals surface area contributed by atoms with Crippen LogP contribution in [-0.4, -0.2) is 30.1 Å². The zero-order valence-corrected chi connectivity index (χ0v) is 17.1. The predicted octanol–water partition coefficient (Wildman–Crippen LogP) is 5.68. The van der Waals surface area contributed by atoms with Crippen LogP contribution in [0.4, 0.5) is 4.39 Å². The Morgan fingerprint density at radius 3 is 2.53 bits per heavy atom. The number of benzene rings is 1. The molecular formula is C25H17FN6. The molecule has 7 heteroatoms. The highest BCUT2D eigenvalue weighted by Gasteiger charge is 2.16. The van der Waals surface area contributed by atoms with Crippen LogP contribution in [0, 0.1) is 12.7 Å². The van der Waals surface area contributed by atoms with E-state index in [4.69, 9.17) is 0 Å². The minimum Gasteiger partial charge on any atom is -0.353 e. The van der Waals surface area contributed by atoms with Gasteiger partial charge in [-0.2, -0.15) is 5.10 Å². The summed E-state index contributed by atoms with van der Waals surface area (Å²) in [6.07, 6.45) is 5.24. The van der Waals surface area contributed by atoms with Crippen LogP contribution in [0.15, 0.2) is 73.2 Å².